The van der Waals surface area contributed by atoms with Crippen LogP contribution in [0.2, 0.25) is 0 Å². The molecule has 1 spiro atoms. The van der Waals surface area contributed by atoms with Crippen molar-refractivity contribution in [1.82, 2.24) is 13.9 Å². The number of hydrogen-bond acceptors (Lipinski definition) is 3. The molecule has 17 heavy (non-hydrogen) atoms. The average molecular weight is 261 g/mol. The normalized spacial score (nSPS) is 25.5. The lowest BCUT2D eigenvalue weighted by Crippen LogP contribution is -2.47. The zero-order valence-corrected chi connectivity index (χ0v) is 11.1. The first-order valence-electron chi connectivity index (χ1n) is 5.80. The number of carbonyl (C=O) groups is 1. The van der Waals surface area contributed by atoms with Crippen LogP contribution in [-0.4, -0.2) is 56.7 Å². The molecule has 2 aliphatic rings. The topological polar surface area (TPSA) is 69.7 Å². The quantitative estimate of drug-likeness (QED) is 0.721. The molecule has 1 N–H and O–H groups in total. The Hall–Kier alpha value is -0.660. The first-order valence-corrected chi connectivity index (χ1v) is 7.20. The second kappa shape index (κ2) is 4.22. The van der Waals surface area contributed by atoms with Gasteiger partial charge < -0.3 is 5.32 Å². The zero-order valence-electron chi connectivity index (χ0n) is 10.3. The molecule has 0 radical (unpaired) electrons. The van der Waals surface area contributed by atoms with Gasteiger partial charge in [0, 0.05) is 40.2 Å². The van der Waals surface area contributed by atoms with Crippen LogP contribution >= 0.6 is 0 Å². The van der Waals surface area contributed by atoms with Gasteiger partial charge in [-0.3, -0.25) is 4.79 Å². The van der Waals surface area contributed by atoms with Gasteiger partial charge in [-0.25, -0.2) is 0 Å². The van der Waals surface area contributed by atoms with E-state index in [0.717, 1.165) is 12.8 Å². The summed E-state index contributed by atoms with van der Waals surface area (Å²) in [4.78, 5) is 11.3. The first kappa shape index (κ1) is 12.8. The number of amides is 1. The first-order chi connectivity index (χ1) is 7.86. The number of rotatable bonds is 2. The Bertz CT molecular complexity index is 411. The predicted molar refractivity (Wildman–Crippen MR) is 63.5 cm³/mol. The fourth-order valence-corrected chi connectivity index (χ4v) is 3.63. The Morgan fingerprint density at radius 1 is 1.29 bits per heavy atom. The monoisotopic (exact) mass is 261 g/mol. The van der Waals surface area contributed by atoms with Crippen LogP contribution in [-0.2, 0) is 15.0 Å². The molecule has 2 rings (SSSR count). The van der Waals surface area contributed by atoms with Crippen LogP contribution in [0.5, 0.6) is 0 Å². The second-order valence-electron chi connectivity index (χ2n) is 5.14. The summed E-state index contributed by atoms with van der Waals surface area (Å²) in [7, 11) is -0.214. The number of nitrogens with one attached hydrogen (secondary N) is 1. The highest BCUT2D eigenvalue weighted by Crippen LogP contribution is 2.38. The van der Waals surface area contributed by atoms with Gasteiger partial charge in [-0.05, 0) is 18.3 Å². The molecule has 2 heterocycles. The molecule has 0 bridgehead atoms. The van der Waals surface area contributed by atoms with Gasteiger partial charge in [0.25, 0.3) is 10.2 Å². The maximum atomic E-state index is 11.9. The van der Waals surface area contributed by atoms with E-state index in [4.69, 9.17) is 0 Å². The molecule has 0 aliphatic carbocycles. The number of hydrogen-bond donors (Lipinski definition) is 1. The molecule has 0 aromatic carbocycles. The number of carbonyl (C=O) groups excluding carboxylic acids is 1. The minimum atomic E-state index is -3.30. The van der Waals surface area contributed by atoms with E-state index in [1.807, 2.05) is 0 Å². The van der Waals surface area contributed by atoms with Crippen LogP contribution in [0.1, 0.15) is 19.3 Å². The second-order valence-corrected chi connectivity index (χ2v) is 7.29. The van der Waals surface area contributed by atoms with Crippen molar-refractivity contribution in [2.75, 3.05) is 33.7 Å². The lowest BCUT2D eigenvalue weighted by Gasteiger charge is -2.38. The van der Waals surface area contributed by atoms with Crippen molar-refractivity contribution in [2.24, 2.45) is 5.41 Å². The maximum absolute atomic E-state index is 11.9. The van der Waals surface area contributed by atoms with E-state index < -0.39 is 10.2 Å². The summed E-state index contributed by atoms with van der Waals surface area (Å²) in [5, 5.41) is 2.84. The Labute approximate surface area is 102 Å². The summed E-state index contributed by atoms with van der Waals surface area (Å²) in [6, 6.07) is 0. The molecule has 1 amide bonds. The lowest BCUT2D eigenvalue weighted by atomic mass is 9.78. The number of nitrogens with zero attached hydrogens (tertiary/aromatic N) is 2. The van der Waals surface area contributed by atoms with E-state index in [9.17, 15) is 13.2 Å². The molecule has 7 heteroatoms. The third-order valence-electron chi connectivity index (χ3n) is 3.77. The highest BCUT2D eigenvalue weighted by Gasteiger charge is 2.43. The van der Waals surface area contributed by atoms with E-state index in [0.29, 0.717) is 26.1 Å². The maximum Gasteiger partial charge on any atom is 0.281 e. The van der Waals surface area contributed by atoms with Crippen molar-refractivity contribution in [2.45, 2.75) is 19.3 Å². The van der Waals surface area contributed by atoms with Crippen LogP contribution in [0.25, 0.3) is 0 Å². The van der Waals surface area contributed by atoms with Crippen LogP contribution in [0.4, 0.5) is 0 Å². The molecular formula is C10H19N3O3S. The van der Waals surface area contributed by atoms with Crippen molar-refractivity contribution in [3.8, 4) is 0 Å². The van der Waals surface area contributed by atoms with E-state index >= 15 is 0 Å². The molecule has 2 aliphatic heterocycles. The highest BCUT2D eigenvalue weighted by molar-refractivity contribution is 7.86. The molecular weight excluding hydrogens is 242 g/mol. The Balaban J connectivity index is 2.02. The molecule has 2 fully saturated rings. The van der Waals surface area contributed by atoms with Crippen LogP contribution in [0.3, 0.4) is 0 Å². The summed E-state index contributed by atoms with van der Waals surface area (Å²) < 4.78 is 26.6. The summed E-state index contributed by atoms with van der Waals surface area (Å²) in [6.07, 6.45) is 2.07. The largest absolute Gasteiger partial charge is 0.356 e. The summed E-state index contributed by atoms with van der Waals surface area (Å²) in [5.41, 5.74) is -0.00455. The van der Waals surface area contributed by atoms with Gasteiger partial charge in [-0.2, -0.15) is 17.0 Å². The lowest BCUT2D eigenvalue weighted by molar-refractivity contribution is -0.119. The molecule has 0 aromatic rings. The summed E-state index contributed by atoms with van der Waals surface area (Å²) in [6.45, 7) is 1.71. The van der Waals surface area contributed by atoms with Gasteiger partial charge in [0.15, 0.2) is 0 Å². The predicted octanol–water partition coefficient (Wildman–Crippen LogP) is -0.605. The van der Waals surface area contributed by atoms with Gasteiger partial charge in [0.1, 0.15) is 0 Å². The van der Waals surface area contributed by atoms with Crippen molar-refractivity contribution in [3.63, 3.8) is 0 Å². The van der Waals surface area contributed by atoms with Gasteiger partial charge in [-0.15, -0.1) is 0 Å². The summed E-state index contributed by atoms with van der Waals surface area (Å²) in [5.74, 6) is 0.0916. The Morgan fingerprint density at radius 3 is 2.29 bits per heavy atom. The van der Waals surface area contributed by atoms with Crippen molar-refractivity contribution in [3.05, 3.63) is 0 Å². The van der Waals surface area contributed by atoms with Crippen molar-refractivity contribution >= 4 is 16.1 Å². The van der Waals surface area contributed by atoms with Crippen molar-refractivity contribution < 1.29 is 13.2 Å². The average Bonchev–Trinajstić information content (AvgIpc) is 2.60. The Kier molecular flexibility index (Phi) is 3.17. The van der Waals surface area contributed by atoms with Gasteiger partial charge in [-0.1, -0.05) is 0 Å². The molecule has 0 atom stereocenters. The minimum Gasteiger partial charge on any atom is -0.356 e. The van der Waals surface area contributed by atoms with Gasteiger partial charge in [0.05, 0.1) is 0 Å². The SMILES string of the molecule is CN(C)S(=O)(=O)N1CCC2(CC1)CNC(=O)C2. The van der Waals surface area contributed by atoms with E-state index in [1.54, 1.807) is 14.1 Å². The van der Waals surface area contributed by atoms with Gasteiger partial charge >= 0.3 is 0 Å². The minimum absolute atomic E-state index is 0.00455. The van der Waals surface area contributed by atoms with Crippen LogP contribution < -0.4 is 5.32 Å². The Morgan fingerprint density at radius 2 is 1.88 bits per heavy atom. The standard InChI is InChI=1S/C10H19N3O3S/c1-12(2)17(15,16)13-5-3-10(4-6-13)7-9(14)11-8-10/h3-8H2,1-2H3,(H,11,14). The van der Waals surface area contributed by atoms with E-state index in [-0.39, 0.29) is 11.3 Å². The third-order valence-corrected chi connectivity index (χ3v) is 5.71. The molecule has 0 aromatic heterocycles. The zero-order chi connectivity index (χ0) is 12.7. The fourth-order valence-electron chi connectivity index (χ4n) is 2.53. The summed E-state index contributed by atoms with van der Waals surface area (Å²) >= 11 is 0. The van der Waals surface area contributed by atoms with E-state index in [1.165, 1.54) is 8.61 Å². The molecule has 0 saturated carbocycles. The molecule has 6 nitrogen and oxygen atoms in total. The molecule has 98 valence electrons. The highest BCUT2D eigenvalue weighted by atomic mass is 32.2. The molecule has 2 saturated heterocycles. The van der Waals surface area contributed by atoms with Crippen molar-refractivity contribution in [1.29, 1.82) is 0 Å². The van der Waals surface area contributed by atoms with Crippen LogP contribution in [0, 0.1) is 5.41 Å². The molecule has 0 unspecified atom stereocenters. The van der Waals surface area contributed by atoms with Gasteiger partial charge in [0.2, 0.25) is 5.91 Å². The van der Waals surface area contributed by atoms with Crippen LogP contribution in [0.15, 0.2) is 0 Å². The number of piperidine rings is 1. The van der Waals surface area contributed by atoms with E-state index in [2.05, 4.69) is 5.32 Å². The fraction of sp³-hybridized carbons (Fsp3) is 0.900. The smallest absolute Gasteiger partial charge is 0.281 e. The third kappa shape index (κ3) is 2.31.